The molecular weight excluding hydrogens is 294 g/mol. The van der Waals surface area contributed by atoms with Gasteiger partial charge in [-0.2, -0.15) is 0 Å². The molecule has 4 bridgehead atoms. The van der Waals surface area contributed by atoms with Crippen LogP contribution in [0.25, 0.3) is 0 Å². The second-order valence-corrected chi connectivity index (χ2v) is 8.33. The predicted octanol–water partition coefficient (Wildman–Crippen LogP) is 0.867. The molecule has 0 aromatic heterocycles. The number of aliphatic hydroxyl groups excluding tert-OH is 3. The van der Waals surface area contributed by atoms with Crippen LogP contribution in [-0.2, 0) is 4.74 Å². The van der Waals surface area contributed by atoms with Gasteiger partial charge in [-0.1, -0.05) is 0 Å². The number of aliphatic hydroxyl groups is 3. The lowest BCUT2D eigenvalue weighted by atomic mass is 9.50. The molecule has 4 aliphatic rings. The molecule has 0 amide bonds. The van der Waals surface area contributed by atoms with Crippen molar-refractivity contribution in [2.75, 3.05) is 46.1 Å². The standard InChI is InChI=1S/C18H33NO4/c20-3-1-19(2-4-21)11-17(22)12-23-13-18-8-14-5-15(9-18)7-16(6-14)10-18/h14-17,20-22H,1-13H2. The van der Waals surface area contributed by atoms with Crippen molar-refractivity contribution in [3.63, 3.8) is 0 Å². The number of ether oxygens (including phenoxy) is 1. The average Bonchev–Trinajstić information content (AvgIpc) is 2.46. The first-order chi connectivity index (χ1) is 11.1. The highest BCUT2D eigenvalue weighted by atomic mass is 16.5. The molecule has 1 unspecified atom stereocenters. The molecule has 3 N–H and O–H groups in total. The van der Waals surface area contributed by atoms with Crippen molar-refractivity contribution < 1.29 is 20.1 Å². The van der Waals surface area contributed by atoms with Gasteiger partial charge >= 0.3 is 0 Å². The van der Waals surface area contributed by atoms with E-state index in [2.05, 4.69) is 0 Å². The van der Waals surface area contributed by atoms with E-state index in [0.717, 1.165) is 24.4 Å². The van der Waals surface area contributed by atoms with Gasteiger partial charge in [-0.15, -0.1) is 0 Å². The second kappa shape index (κ2) is 7.79. The summed E-state index contributed by atoms with van der Waals surface area (Å²) in [6.45, 7) is 2.64. The smallest absolute Gasteiger partial charge is 0.0900 e. The molecule has 4 saturated carbocycles. The number of hydrogen-bond donors (Lipinski definition) is 3. The van der Waals surface area contributed by atoms with Crippen LogP contribution in [0.2, 0.25) is 0 Å². The average molecular weight is 327 g/mol. The summed E-state index contributed by atoms with van der Waals surface area (Å²) in [6, 6.07) is 0. The van der Waals surface area contributed by atoms with Crippen molar-refractivity contribution >= 4 is 0 Å². The largest absolute Gasteiger partial charge is 0.395 e. The van der Waals surface area contributed by atoms with E-state index in [9.17, 15) is 5.11 Å². The minimum atomic E-state index is -0.554. The topological polar surface area (TPSA) is 73.2 Å². The van der Waals surface area contributed by atoms with Crippen LogP contribution in [0.5, 0.6) is 0 Å². The van der Waals surface area contributed by atoms with Gasteiger partial charge in [0.1, 0.15) is 0 Å². The first kappa shape index (κ1) is 17.6. The van der Waals surface area contributed by atoms with E-state index in [-0.39, 0.29) is 13.2 Å². The summed E-state index contributed by atoms with van der Waals surface area (Å²) < 4.78 is 5.94. The Kier molecular flexibility index (Phi) is 5.97. The monoisotopic (exact) mass is 327 g/mol. The highest BCUT2D eigenvalue weighted by molar-refractivity contribution is 5.01. The van der Waals surface area contributed by atoms with E-state index >= 15 is 0 Å². The molecule has 0 spiro atoms. The van der Waals surface area contributed by atoms with Gasteiger partial charge in [-0.05, 0) is 61.7 Å². The second-order valence-electron chi connectivity index (χ2n) is 8.33. The zero-order valence-corrected chi connectivity index (χ0v) is 14.2. The third kappa shape index (κ3) is 4.45. The quantitative estimate of drug-likeness (QED) is 0.555. The van der Waals surface area contributed by atoms with E-state index in [1.165, 1.54) is 38.5 Å². The lowest BCUT2D eigenvalue weighted by molar-refractivity contribution is -0.107. The van der Waals surface area contributed by atoms with Crippen molar-refractivity contribution in [1.29, 1.82) is 0 Å². The van der Waals surface area contributed by atoms with Crippen LogP contribution in [0.4, 0.5) is 0 Å². The van der Waals surface area contributed by atoms with E-state index < -0.39 is 6.10 Å². The first-order valence-corrected chi connectivity index (χ1v) is 9.32. The van der Waals surface area contributed by atoms with Crippen LogP contribution >= 0.6 is 0 Å². The number of hydrogen-bond acceptors (Lipinski definition) is 5. The van der Waals surface area contributed by atoms with E-state index in [0.29, 0.717) is 31.7 Å². The van der Waals surface area contributed by atoms with E-state index in [1.54, 1.807) is 0 Å². The number of nitrogens with zero attached hydrogens (tertiary/aromatic N) is 1. The molecular formula is C18H33NO4. The molecule has 0 aromatic rings. The molecule has 5 nitrogen and oxygen atoms in total. The minimum Gasteiger partial charge on any atom is -0.395 e. The fourth-order valence-corrected chi connectivity index (χ4v) is 5.81. The summed E-state index contributed by atoms with van der Waals surface area (Å²) >= 11 is 0. The van der Waals surface area contributed by atoms with Gasteiger partial charge in [0.05, 0.1) is 32.5 Å². The third-order valence-corrected chi connectivity index (χ3v) is 6.18. The normalized spacial score (nSPS) is 36.8. The van der Waals surface area contributed by atoms with Crippen LogP contribution in [0, 0.1) is 23.2 Å². The fraction of sp³-hybridized carbons (Fsp3) is 1.00. The first-order valence-electron chi connectivity index (χ1n) is 9.32. The van der Waals surface area contributed by atoms with Crippen LogP contribution in [-0.4, -0.2) is 72.4 Å². The van der Waals surface area contributed by atoms with Gasteiger partial charge in [0.25, 0.3) is 0 Å². The Morgan fingerprint density at radius 2 is 1.48 bits per heavy atom. The maximum Gasteiger partial charge on any atom is 0.0900 e. The maximum atomic E-state index is 10.2. The van der Waals surface area contributed by atoms with Crippen LogP contribution in [0.3, 0.4) is 0 Å². The zero-order valence-electron chi connectivity index (χ0n) is 14.2. The van der Waals surface area contributed by atoms with E-state index in [4.69, 9.17) is 14.9 Å². The SMILES string of the molecule is OCCN(CCO)CC(O)COCC12CC3CC(CC(C3)C1)C2. The van der Waals surface area contributed by atoms with Gasteiger partial charge in [-0.3, -0.25) is 4.90 Å². The number of rotatable bonds is 10. The Morgan fingerprint density at radius 1 is 0.957 bits per heavy atom. The van der Waals surface area contributed by atoms with Gasteiger partial charge in [-0.25, -0.2) is 0 Å². The van der Waals surface area contributed by atoms with E-state index in [1.807, 2.05) is 4.90 Å². The molecule has 4 fully saturated rings. The Labute approximate surface area is 139 Å². The Morgan fingerprint density at radius 3 is 1.96 bits per heavy atom. The lowest BCUT2D eigenvalue weighted by Crippen LogP contribution is -2.48. The Bertz CT molecular complexity index is 335. The lowest BCUT2D eigenvalue weighted by Gasteiger charge is -2.56. The van der Waals surface area contributed by atoms with Crippen molar-refractivity contribution in [2.24, 2.45) is 23.2 Å². The van der Waals surface area contributed by atoms with Crippen molar-refractivity contribution in [3.05, 3.63) is 0 Å². The molecule has 0 aromatic carbocycles. The van der Waals surface area contributed by atoms with Crippen molar-refractivity contribution in [2.45, 2.75) is 44.6 Å². The van der Waals surface area contributed by atoms with Crippen LogP contribution < -0.4 is 0 Å². The summed E-state index contributed by atoms with van der Waals surface area (Å²) in [6.07, 6.45) is 7.77. The summed E-state index contributed by atoms with van der Waals surface area (Å²) in [5, 5.41) is 28.2. The fourth-order valence-electron chi connectivity index (χ4n) is 5.81. The molecule has 0 heterocycles. The Hall–Kier alpha value is -0.200. The molecule has 4 aliphatic carbocycles. The van der Waals surface area contributed by atoms with Crippen LogP contribution in [0.15, 0.2) is 0 Å². The summed E-state index contributed by atoms with van der Waals surface area (Å²) in [7, 11) is 0. The summed E-state index contributed by atoms with van der Waals surface area (Å²) in [5.41, 5.74) is 0.393. The molecule has 23 heavy (non-hydrogen) atoms. The highest BCUT2D eigenvalue weighted by Crippen LogP contribution is 2.60. The third-order valence-electron chi connectivity index (χ3n) is 6.18. The highest BCUT2D eigenvalue weighted by Gasteiger charge is 2.50. The predicted molar refractivity (Wildman–Crippen MR) is 88.0 cm³/mol. The Balaban J connectivity index is 1.40. The molecule has 0 aliphatic heterocycles. The van der Waals surface area contributed by atoms with Gasteiger partial charge in [0.15, 0.2) is 0 Å². The molecule has 0 radical (unpaired) electrons. The molecule has 5 heteroatoms. The minimum absolute atomic E-state index is 0.0425. The molecule has 134 valence electrons. The van der Waals surface area contributed by atoms with Crippen molar-refractivity contribution in [3.8, 4) is 0 Å². The molecule has 1 atom stereocenters. The molecule has 4 rings (SSSR count). The molecule has 0 saturated heterocycles. The zero-order chi connectivity index (χ0) is 16.3. The van der Waals surface area contributed by atoms with Gasteiger partial charge < -0.3 is 20.1 Å². The van der Waals surface area contributed by atoms with Crippen LogP contribution in [0.1, 0.15) is 38.5 Å². The summed E-state index contributed by atoms with van der Waals surface area (Å²) in [4.78, 5) is 1.87. The van der Waals surface area contributed by atoms with Gasteiger partial charge in [0.2, 0.25) is 0 Å². The van der Waals surface area contributed by atoms with Gasteiger partial charge in [0, 0.05) is 19.6 Å². The summed E-state index contributed by atoms with van der Waals surface area (Å²) in [5.74, 6) is 2.79. The maximum absolute atomic E-state index is 10.2. The van der Waals surface area contributed by atoms with Crippen molar-refractivity contribution in [1.82, 2.24) is 4.90 Å².